The highest BCUT2D eigenvalue weighted by Gasteiger charge is 2.29. The van der Waals surface area contributed by atoms with Crippen LogP contribution >= 0.6 is 0 Å². The molecule has 0 unspecified atom stereocenters. The Kier molecular flexibility index (Phi) is 14.7. The molecule has 0 spiro atoms. The number of carbonyl (C=O) groups excluding carboxylic acids is 2. The first-order valence-corrected chi connectivity index (χ1v) is 12.3. The second-order valence-electron chi connectivity index (χ2n) is 10.6. The van der Waals surface area contributed by atoms with Gasteiger partial charge in [0.15, 0.2) is 0 Å². The van der Waals surface area contributed by atoms with Gasteiger partial charge in [-0.2, -0.15) is 0 Å². The van der Waals surface area contributed by atoms with E-state index in [1.165, 1.54) is 0 Å². The molecule has 0 atom stereocenters. The Labute approximate surface area is 204 Å². The predicted molar refractivity (Wildman–Crippen MR) is 130 cm³/mol. The van der Waals surface area contributed by atoms with Crippen molar-refractivity contribution < 1.29 is 34.1 Å². The Hall–Kier alpha value is -2.16. The molecule has 9 nitrogen and oxygen atoms in total. The fraction of sp³-hybridized carbons (Fsp3) is 0.840. The van der Waals surface area contributed by atoms with Crippen LogP contribution in [-0.2, 0) is 23.9 Å². The van der Waals surface area contributed by atoms with Crippen LogP contribution in [0.5, 0.6) is 0 Å². The molecule has 0 fully saturated rings. The lowest BCUT2D eigenvalue weighted by molar-refractivity contribution is -0.140. The zero-order valence-electron chi connectivity index (χ0n) is 22.0. The first-order chi connectivity index (χ1) is 15.7. The van der Waals surface area contributed by atoms with E-state index in [4.69, 9.17) is 14.9 Å². The smallest absolute Gasteiger partial charge is 0.305 e. The summed E-state index contributed by atoms with van der Waals surface area (Å²) in [5, 5.41) is 18.0. The predicted octanol–water partition coefficient (Wildman–Crippen LogP) is 3.65. The van der Waals surface area contributed by atoms with Gasteiger partial charge < -0.3 is 24.7 Å². The van der Waals surface area contributed by atoms with Gasteiger partial charge in [0.05, 0.1) is 26.1 Å². The number of rotatable bonds is 19. The number of nitrogens with zero attached hydrogens (tertiary/aromatic N) is 2. The van der Waals surface area contributed by atoms with E-state index in [2.05, 4.69) is 0 Å². The number of carbonyl (C=O) groups is 4. The van der Waals surface area contributed by atoms with Gasteiger partial charge in [0.25, 0.3) is 0 Å². The number of carboxylic acid groups (broad SMARTS) is 2. The number of unbranched alkanes of at least 4 members (excludes halogenated alkanes) is 1. The number of aliphatic carboxylic acids is 2. The summed E-state index contributed by atoms with van der Waals surface area (Å²) in [4.78, 5) is 50.3. The molecule has 0 aromatic heterocycles. The number of carboxylic acids is 2. The summed E-state index contributed by atoms with van der Waals surface area (Å²) in [7, 11) is 0. The quantitative estimate of drug-likeness (QED) is 0.285. The lowest BCUT2D eigenvalue weighted by Gasteiger charge is -2.35. The van der Waals surface area contributed by atoms with Gasteiger partial charge in [-0.25, -0.2) is 0 Å². The van der Waals surface area contributed by atoms with E-state index in [9.17, 15) is 19.2 Å². The minimum Gasteiger partial charge on any atom is -0.481 e. The molecule has 0 aliphatic heterocycles. The highest BCUT2D eigenvalue weighted by atomic mass is 16.5. The van der Waals surface area contributed by atoms with Gasteiger partial charge in [-0.3, -0.25) is 19.2 Å². The summed E-state index contributed by atoms with van der Waals surface area (Å²) in [5.41, 5.74) is -0.782. The highest BCUT2D eigenvalue weighted by Crippen LogP contribution is 2.23. The van der Waals surface area contributed by atoms with Crippen molar-refractivity contribution in [3.8, 4) is 0 Å². The van der Waals surface area contributed by atoms with Crippen LogP contribution in [0.4, 0.5) is 0 Å². The minimum absolute atomic E-state index is 0.0417. The summed E-state index contributed by atoms with van der Waals surface area (Å²) in [5.74, 6) is -1.97. The molecule has 0 saturated heterocycles. The van der Waals surface area contributed by atoms with Gasteiger partial charge in [0.1, 0.15) is 0 Å². The zero-order chi connectivity index (χ0) is 26.4. The van der Waals surface area contributed by atoms with Crippen LogP contribution in [-0.4, -0.2) is 83.2 Å². The molecular formula is C25H46N2O7. The maximum atomic E-state index is 12.6. The third-order valence-corrected chi connectivity index (χ3v) is 5.33. The van der Waals surface area contributed by atoms with E-state index in [0.29, 0.717) is 45.6 Å². The van der Waals surface area contributed by atoms with E-state index in [-0.39, 0.29) is 37.7 Å². The van der Waals surface area contributed by atoms with Gasteiger partial charge in [0.2, 0.25) is 11.8 Å². The lowest BCUT2D eigenvalue weighted by atomic mass is 9.91. The summed E-state index contributed by atoms with van der Waals surface area (Å²) in [6.07, 6.45) is 2.94. The minimum atomic E-state index is -0.939. The van der Waals surface area contributed by atoms with Gasteiger partial charge in [-0.05, 0) is 12.8 Å². The van der Waals surface area contributed by atoms with E-state index in [0.717, 1.165) is 12.8 Å². The largest absolute Gasteiger partial charge is 0.481 e. The number of hydrogen-bond donors (Lipinski definition) is 2. The normalized spacial score (nSPS) is 11.8. The fourth-order valence-corrected chi connectivity index (χ4v) is 3.63. The average molecular weight is 487 g/mol. The van der Waals surface area contributed by atoms with Crippen molar-refractivity contribution in [2.45, 2.75) is 86.5 Å². The number of hydrogen-bond acceptors (Lipinski definition) is 5. The highest BCUT2D eigenvalue weighted by molar-refractivity contribution is 5.77. The van der Waals surface area contributed by atoms with Gasteiger partial charge in [-0.1, -0.05) is 48.0 Å². The average Bonchev–Trinajstić information content (AvgIpc) is 2.71. The molecular weight excluding hydrogens is 440 g/mol. The Balaban J connectivity index is 4.99. The van der Waals surface area contributed by atoms with E-state index in [1.54, 1.807) is 9.80 Å². The Bertz CT molecular complexity index is 662. The van der Waals surface area contributed by atoms with E-state index in [1.807, 2.05) is 41.5 Å². The molecule has 2 N–H and O–H groups in total. The van der Waals surface area contributed by atoms with Crippen molar-refractivity contribution in [2.75, 3.05) is 39.4 Å². The molecule has 9 heteroatoms. The zero-order valence-corrected chi connectivity index (χ0v) is 22.0. The first-order valence-electron chi connectivity index (χ1n) is 12.3. The van der Waals surface area contributed by atoms with Crippen LogP contribution in [0.3, 0.4) is 0 Å². The van der Waals surface area contributed by atoms with Crippen LogP contribution in [0.1, 0.15) is 86.5 Å². The second kappa shape index (κ2) is 15.7. The SMILES string of the molecule is CCCCC(=O)N(CCC(=O)O)CC(C)(C)COCC(C)(C)CN(CCC(=O)O)C(=O)CCC. The molecule has 0 heterocycles. The molecule has 0 rings (SSSR count). The third-order valence-electron chi connectivity index (χ3n) is 5.33. The monoisotopic (exact) mass is 486 g/mol. The molecule has 0 aromatic rings. The van der Waals surface area contributed by atoms with Crippen LogP contribution < -0.4 is 0 Å². The second-order valence-corrected chi connectivity index (χ2v) is 10.6. The maximum Gasteiger partial charge on any atom is 0.305 e. The molecule has 34 heavy (non-hydrogen) atoms. The Morgan fingerprint density at radius 3 is 1.44 bits per heavy atom. The van der Waals surface area contributed by atoms with Gasteiger partial charge >= 0.3 is 11.9 Å². The third kappa shape index (κ3) is 14.9. The standard InChI is InChI=1S/C25H46N2O7/c1-7-9-11-21(29)27(15-13-23(32)33)17-25(5,6)19-34-18-24(3,4)16-26(14-12-22(30)31)20(28)10-8-2/h7-19H2,1-6H3,(H,30,31)(H,32,33). The van der Waals surface area contributed by atoms with E-state index < -0.39 is 22.8 Å². The van der Waals surface area contributed by atoms with Crippen molar-refractivity contribution in [2.24, 2.45) is 10.8 Å². The van der Waals surface area contributed by atoms with Crippen molar-refractivity contribution in [3.63, 3.8) is 0 Å². The Morgan fingerprint density at radius 1 is 0.676 bits per heavy atom. The number of ether oxygens (including phenoxy) is 1. The molecule has 0 aliphatic carbocycles. The van der Waals surface area contributed by atoms with Crippen LogP contribution in [0, 0.1) is 10.8 Å². The summed E-state index contributed by atoms with van der Waals surface area (Å²) < 4.78 is 6.01. The molecule has 2 amide bonds. The van der Waals surface area contributed by atoms with Crippen molar-refractivity contribution >= 4 is 23.8 Å². The molecule has 0 radical (unpaired) electrons. The van der Waals surface area contributed by atoms with Crippen LogP contribution in [0.25, 0.3) is 0 Å². The van der Waals surface area contributed by atoms with Crippen molar-refractivity contribution in [1.29, 1.82) is 0 Å². The molecule has 0 bridgehead atoms. The first kappa shape index (κ1) is 31.8. The summed E-state index contributed by atoms with van der Waals surface area (Å²) in [6, 6.07) is 0. The molecule has 0 aliphatic rings. The van der Waals surface area contributed by atoms with Gasteiger partial charge in [0, 0.05) is 49.9 Å². The van der Waals surface area contributed by atoms with Crippen LogP contribution in [0.15, 0.2) is 0 Å². The van der Waals surface area contributed by atoms with E-state index >= 15 is 0 Å². The maximum absolute atomic E-state index is 12.6. The summed E-state index contributed by atoms with van der Waals surface area (Å²) >= 11 is 0. The number of amides is 2. The van der Waals surface area contributed by atoms with Gasteiger partial charge in [-0.15, -0.1) is 0 Å². The summed E-state index contributed by atoms with van der Waals surface area (Å²) in [6.45, 7) is 13.7. The molecule has 0 aromatic carbocycles. The van der Waals surface area contributed by atoms with Crippen LogP contribution in [0.2, 0.25) is 0 Å². The lowest BCUT2D eigenvalue weighted by Crippen LogP contribution is -2.44. The topological polar surface area (TPSA) is 124 Å². The van der Waals surface area contributed by atoms with Crippen molar-refractivity contribution in [3.05, 3.63) is 0 Å². The molecule has 0 saturated carbocycles. The molecule has 198 valence electrons. The Morgan fingerprint density at radius 2 is 1.09 bits per heavy atom. The fourth-order valence-electron chi connectivity index (χ4n) is 3.63. The van der Waals surface area contributed by atoms with Crippen molar-refractivity contribution in [1.82, 2.24) is 9.80 Å².